The van der Waals surface area contributed by atoms with Gasteiger partial charge in [0.25, 0.3) is 0 Å². The number of aromatic nitrogens is 2. The Kier molecular flexibility index (Phi) is 2.47. The van der Waals surface area contributed by atoms with Crippen LogP contribution in [0.25, 0.3) is 10.9 Å². The van der Waals surface area contributed by atoms with E-state index in [4.69, 9.17) is 5.14 Å². The van der Waals surface area contributed by atoms with Crippen molar-refractivity contribution in [3.05, 3.63) is 29.9 Å². The van der Waals surface area contributed by atoms with Gasteiger partial charge in [-0.25, -0.2) is 18.0 Å². The minimum absolute atomic E-state index is 0.0450. The Balaban J connectivity index is 2.24. The first-order valence-corrected chi connectivity index (χ1v) is 7.32. The SMILES string of the molecule is NS(=O)(=O)c1cc(N2NC=CS2)c2cn[nH]c2c1. The number of sulfonamides is 1. The molecule has 0 spiro atoms. The number of rotatable bonds is 2. The van der Waals surface area contributed by atoms with Crippen molar-refractivity contribution in [1.29, 1.82) is 0 Å². The van der Waals surface area contributed by atoms with E-state index in [-0.39, 0.29) is 4.90 Å². The van der Waals surface area contributed by atoms with E-state index in [0.29, 0.717) is 11.2 Å². The zero-order chi connectivity index (χ0) is 12.8. The maximum Gasteiger partial charge on any atom is 0.238 e. The molecular formula is C9H9N5O2S2. The highest BCUT2D eigenvalue weighted by atomic mass is 32.2. The van der Waals surface area contributed by atoms with Gasteiger partial charge < -0.3 is 0 Å². The number of nitrogens with two attached hydrogens (primary N) is 1. The van der Waals surface area contributed by atoms with Crippen LogP contribution in [0.15, 0.2) is 34.8 Å². The van der Waals surface area contributed by atoms with Crippen LogP contribution in [-0.2, 0) is 10.0 Å². The minimum Gasteiger partial charge on any atom is -0.295 e. The smallest absolute Gasteiger partial charge is 0.238 e. The van der Waals surface area contributed by atoms with E-state index in [0.717, 1.165) is 5.39 Å². The van der Waals surface area contributed by atoms with Crippen molar-refractivity contribution < 1.29 is 8.42 Å². The van der Waals surface area contributed by atoms with Gasteiger partial charge in [-0.15, -0.1) is 0 Å². The number of hydrogen-bond acceptors (Lipinski definition) is 6. The third-order valence-corrected chi connectivity index (χ3v) is 4.15. The van der Waals surface area contributed by atoms with Crippen molar-refractivity contribution in [2.24, 2.45) is 5.14 Å². The Hall–Kier alpha value is -1.71. The molecule has 0 saturated carbocycles. The molecule has 2 heterocycles. The molecule has 1 aliphatic heterocycles. The van der Waals surface area contributed by atoms with E-state index in [2.05, 4.69) is 15.6 Å². The number of primary sulfonamides is 1. The third-order valence-electron chi connectivity index (χ3n) is 2.48. The zero-order valence-corrected chi connectivity index (χ0v) is 10.6. The molecule has 1 aliphatic rings. The predicted molar refractivity (Wildman–Crippen MR) is 69.8 cm³/mol. The van der Waals surface area contributed by atoms with Gasteiger partial charge in [-0.05, 0) is 12.1 Å². The first-order chi connectivity index (χ1) is 8.55. The summed E-state index contributed by atoms with van der Waals surface area (Å²) in [5.74, 6) is 0. The lowest BCUT2D eigenvalue weighted by Gasteiger charge is -2.18. The van der Waals surface area contributed by atoms with E-state index >= 15 is 0 Å². The standard InChI is InChI=1S/C9H9N5O2S2/c10-18(15,16)6-3-8-7(5-11-13-8)9(4-6)14-12-1-2-17-14/h1-5,12H,(H,11,13)(H2,10,15,16). The molecule has 0 amide bonds. The van der Waals surface area contributed by atoms with Gasteiger partial charge in [0, 0.05) is 28.9 Å². The predicted octanol–water partition coefficient (Wildman–Crippen LogP) is 0.654. The van der Waals surface area contributed by atoms with Gasteiger partial charge in [-0.2, -0.15) is 5.10 Å². The van der Waals surface area contributed by atoms with Crippen molar-refractivity contribution in [2.75, 3.05) is 4.41 Å². The highest BCUT2D eigenvalue weighted by Gasteiger charge is 2.18. The lowest BCUT2D eigenvalue weighted by molar-refractivity contribution is 0.598. The molecule has 94 valence electrons. The summed E-state index contributed by atoms with van der Waals surface area (Å²) in [6, 6.07) is 2.98. The lowest BCUT2D eigenvalue weighted by atomic mass is 10.2. The number of H-pyrrole nitrogens is 1. The fourth-order valence-electron chi connectivity index (χ4n) is 1.69. The summed E-state index contributed by atoms with van der Waals surface area (Å²) < 4.78 is 24.6. The van der Waals surface area contributed by atoms with E-state index in [1.807, 2.05) is 5.41 Å². The van der Waals surface area contributed by atoms with Crippen LogP contribution in [0.2, 0.25) is 0 Å². The number of fused-ring (bicyclic) bond motifs is 1. The normalized spacial score (nSPS) is 15.3. The zero-order valence-electron chi connectivity index (χ0n) is 8.99. The molecule has 1 aromatic carbocycles. The number of hydrazine groups is 1. The van der Waals surface area contributed by atoms with Gasteiger partial charge in [0.1, 0.15) is 0 Å². The Labute approximate surface area is 107 Å². The van der Waals surface area contributed by atoms with Crippen molar-refractivity contribution in [2.45, 2.75) is 4.90 Å². The molecule has 1 aromatic heterocycles. The maximum absolute atomic E-state index is 11.4. The highest BCUT2D eigenvalue weighted by molar-refractivity contribution is 8.03. The van der Waals surface area contributed by atoms with Crippen molar-refractivity contribution in [3.63, 3.8) is 0 Å². The topological polar surface area (TPSA) is 104 Å². The van der Waals surface area contributed by atoms with Crippen LogP contribution in [0.5, 0.6) is 0 Å². The summed E-state index contributed by atoms with van der Waals surface area (Å²) in [7, 11) is -3.76. The number of anilines is 1. The molecule has 0 bridgehead atoms. The molecule has 4 N–H and O–H groups in total. The molecule has 7 nitrogen and oxygen atoms in total. The third kappa shape index (κ3) is 1.82. The van der Waals surface area contributed by atoms with Crippen molar-refractivity contribution >= 4 is 38.6 Å². The monoisotopic (exact) mass is 283 g/mol. The number of aromatic amines is 1. The maximum atomic E-state index is 11.4. The summed E-state index contributed by atoms with van der Waals surface area (Å²) in [4.78, 5) is 0.0450. The largest absolute Gasteiger partial charge is 0.295 e. The van der Waals surface area contributed by atoms with Crippen LogP contribution in [0.4, 0.5) is 5.69 Å². The molecule has 2 aromatic rings. The second-order valence-electron chi connectivity index (χ2n) is 3.65. The second-order valence-corrected chi connectivity index (χ2v) is 6.06. The average Bonchev–Trinajstić information content (AvgIpc) is 2.97. The second kappa shape index (κ2) is 3.90. The number of benzene rings is 1. The molecule has 3 rings (SSSR count). The van der Waals surface area contributed by atoms with Crippen LogP contribution in [0.3, 0.4) is 0 Å². The van der Waals surface area contributed by atoms with Crippen LogP contribution in [0.1, 0.15) is 0 Å². The van der Waals surface area contributed by atoms with Gasteiger partial charge in [0.2, 0.25) is 10.0 Å². The highest BCUT2D eigenvalue weighted by Crippen LogP contribution is 2.33. The van der Waals surface area contributed by atoms with Crippen molar-refractivity contribution in [3.8, 4) is 0 Å². The molecule has 0 aliphatic carbocycles. The molecule has 0 unspecified atom stereocenters. The van der Waals surface area contributed by atoms with Gasteiger partial charge in [-0.3, -0.25) is 10.5 Å². The molecule has 0 saturated heterocycles. The lowest BCUT2D eigenvalue weighted by Crippen LogP contribution is -2.23. The van der Waals surface area contributed by atoms with Gasteiger partial charge in [0.05, 0.1) is 22.3 Å². The fraction of sp³-hybridized carbons (Fsp3) is 0. The van der Waals surface area contributed by atoms with Crippen LogP contribution in [-0.4, -0.2) is 18.6 Å². The summed E-state index contributed by atoms with van der Waals surface area (Å²) in [5, 5.41) is 14.5. The Bertz CT molecular complexity index is 728. The summed E-state index contributed by atoms with van der Waals surface area (Å²) >= 11 is 1.40. The van der Waals surface area contributed by atoms with Crippen LogP contribution < -0.4 is 15.0 Å². The van der Waals surface area contributed by atoms with Crippen molar-refractivity contribution in [1.82, 2.24) is 15.6 Å². The average molecular weight is 283 g/mol. The fourth-order valence-corrected chi connectivity index (χ4v) is 2.87. The Morgan fingerprint density at radius 3 is 2.89 bits per heavy atom. The number of nitrogens with zero attached hydrogens (tertiary/aromatic N) is 2. The molecule has 0 atom stereocenters. The van der Waals surface area contributed by atoms with E-state index in [9.17, 15) is 8.42 Å². The Morgan fingerprint density at radius 1 is 1.39 bits per heavy atom. The minimum atomic E-state index is -3.76. The van der Waals surface area contributed by atoms with E-state index < -0.39 is 10.0 Å². The summed E-state index contributed by atoms with van der Waals surface area (Å²) in [6.07, 6.45) is 3.39. The Morgan fingerprint density at radius 2 is 2.22 bits per heavy atom. The first-order valence-electron chi connectivity index (χ1n) is 4.94. The molecule has 0 radical (unpaired) electrons. The number of hydrogen-bond donors (Lipinski definition) is 3. The molecule has 9 heteroatoms. The van der Waals surface area contributed by atoms with E-state index in [1.54, 1.807) is 16.8 Å². The van der Waals surface area contributed by atoms with Gasteiger partial charge in [-0.1, -0.05) is 0 Å². The molecule has 0 fully saturated rings. The number of nitrogens with one attached hydrogen (secondary N) is 2. The quantitative estimate of drug-likeness (QED) is 0.699. The molecular weight excluding hydrogens is 274 g/mol. The van der Waals surface area contributed by atoms with Gasteiger partial charge in [0.15, 0.2) is 0 Å². The van der Waals surface area contributed by atoms with E-state index in [1.165, 1.54) is 24.1 Å². The summed E-state index contributed by atoms with van der Waals surface area (Å²) in [5.41, 5.74) is 4.27. The van der Waals surface area contributed by atoms with Gasteiger partial charge >= 0.3 is 0 Å². The molecule has 18 heavy (non-hydrogen) atoms. The first kappa shape index (κ1) is 11.4. The summed E-state index contributed by atoms with van der Waals surface area (Å²) in [6.45, 7) is 0. The van der Waals surface area contributed by atoms with Crippen LogP contribution >= 0.6 is 11.9 Å². The van der Waals surface area contributed by atoms with Crippen LogP contribution in [0, 0.1) is 0 Å².